The zero-order valence-electron chi connectivity index (χ0n) is 12.8. The Hall–Kier alpha value is -0.900. The fourth-order valence-corrected chi connectivity index (χ4v) is 3.73. The molecule has 0 spiro atoms. The maximum absolute atomic E-state index is 9.50. The van der Waals surface area contributed by atoms with E-state index in [0.29, 0.717) is 6.04 Å². The van der Waals surface area contributed by atoms with Gasteiger partial charge >= 0.3 is 0 Å². The van der Waals surface area contributed by atoms with Crippen LogP contribution in [0.15, 0.2) is 30.3 Å². The van der Waals surface area contributed by atoms with Gasteiger partial charge in [-0.3, -0.25) is 4.90 Å². The average molecular weight is 289 g/mol. The molecule has 1 aliphatic heterocycles. The maximum Gasteiger partial charge on any atom is 0.137 e. The second-order valence-corrected chi connectivity index (χ2v) is 6.40. The van der Waals surface area contributed by atoms with E-state index in [0.717, 1.165) is 6.54 Å². The van der Waals surface area contributed by atoms with Crippen LogP contribution in [0.25, 0.3) is 0 Å². The molecule has 3 rings (SSSR count). The first-order valence-corrected chi connectivity index (χ1v) is 8.45. The van der Waals surface area contributed by atoms with Crippen LogP contribution in [0.2, 0.25) is 0 Å². The Labute approximate surface area is 127 Å². The van der Waals surface area contributed by atoms with Crippen molar-refractivity contribution in [2.24, 2.45) is 0 Å². The van der Waals surface area contributed by atoms with Crippen molar-refractivity contribution in [1.82, 2.24) is 4.90 Å². The highest BCUT2D eigenvalue weighted by molar-refractivity contribution is 5.18. The van der Waals surface area contributed by atoms with E-state index >= 15 is 0 Å². The third-order valence-electron chi connectivity index (χ3n) is 4.87. The predicted molar refractivity (Wildman–Crippen MR) is 84.0 cm³/mol. The topological polar surface area (TPSA) is 32.7 Å². The minimum Gasteiger partial charge on any atom is -0.394 e. The quantitative estimate of drug-likeness (QED) is 0.924. The first kappa shape index (κ1) is 15.0. The lowest BCUT2D eigenvalue weighted by Crippen LogP contribution is -2.36. The third-order valence-corrected chi connectivity index (χ3v) is 4.87. The molecule has 0 amide bonds. The molecule has 116 valence electrons. The molecule has 0 radical (unpaired) electrons. The van der Waals surface area contributed by atoms with Gasteiger partial charge in [0.25, 0.3) is 0 Å². The fourth-order valence-electron chi connectivity index (χ4n) is 3.73. The summed E-state index contributed by atoms with van der Waals surface area (Å²) in [6, 6.07) is 11.1. The molecule has 3 nitrogen and oxygen atoms in total. The molecular weight excluding hydrogens is 262 g/mol. The Morgan fingerprint density at radius 2 is 1.67 bits per heavy atom. The summed E-state index contributed by atoms with van der Waals surface area (Å²) in [5.74, 6) is 0. The van der Waals surface area contributed by atoms with Gasteiger partial charge in [-0.2, -0.15) is 0 Å². The molecule has 2 fully saturated rings. The van der Waals surface area contributed by atoms with Crippen molar-refractivity contribution >= 4 is 0 Å². The van der Waals surface area contributed by atoms with Gasteiger partial charge in [-0.05, 0) is 18.4 Å². The molecule has 3 heteroatoms. The van der Waals surface area contributed by atoms with Gasteiger partial charge in [0, 0.05) is 12.6 Å². The second-order valence-electron chi connectivity index (χ2n) is 6.40. The Bertz CT molecular complexity index is 414. The summed E-state index contributed by atoms with van der Waals surface area (Å²) in [4.78, 5) is 2.50. The van der Waals surface area contributed by atoms with E-state index in [1.54, 1.807) is 0 Å². The number of rotatable bonds is 3. The van der Waals surface area contributed by atoms with Crippen molar-refractivity contribution in [2.45, 2.75) is 63.3 Å². The van der Waals surface area contributed by atoms with E-state index in [-0.39, 0.29) is 18.9 Å². The Morgan fingerprint density at radius 1 is 1.00 bits per heavy atom. The molecular formula is C18H27NO2. The van der Waals surface area contributed by atoms with Gasteiger partial charge in [0.05, 0.1) is 12.7 Å². The zero-order valence-corrected chi connectivity index (χ0v) is 12.8. The van der Waals surface area contributed by atoms with Crippen molar-refractivity contribution in [2.75, 3.05) is 13.2 Å². The number of ether oxygens (including phenoxy) is 1. The number of benzene rings is 1. The Morgan fingerprint density at radius 3 is 2.33 bits per heavy atom. The third kappa shape index (κ3) is 3.65. The minimum atomic E-state index is -0.0411. The van der Waals surface area contributed by atoms with Crippen LogP contribution in [-0.2, 0) is 4.74 Å². The highest BCUT2D eigenvalue weighted by Gasteiger charge is 2.37. The van der Waals surface area contributed by atoms with Crippen LogP contribution in [0.3, 0.4) is 0 Å². The smallest absolute Gasteiger partial charge is 0.137 e. The lowest BCUT2D eigenvalue weighted by molar-refractivity contribution is -0.0330. The molecule has 21 heavy (non-hydrogen) atoms. The van der Waals surface area contributed by atoms with E-state index < -0.39 is 0 Å². The molecule has 1 N–H and O–H groups in total. The molecule has 2 aliphatic rings. The molecule has 0 unspecified atom stereocenters. The first-order valence-electron chi connectivity index (χ1n) is 8.45. The first-order chi connectivity index (χ1) is 10.4. The fraction of sp³-hybridized carbons (Fsp3) is 0.667. The van der Waals surface area contributed by atoms with Gasteiger partial charge < -0.3 is 9.84 Å². The molecule has 2 atom stereocenters. The Kier molecular flexibility index (Phi) is 5.28. The maximum atomic E-state index is 9.50. The number of hydrogen-bond donors (Lipinski definition) is 1. The van der Waals surface area contributed by atoms with Crippen LogP contribution in [0.5, 0.6) is 0 Å². The van der Waals surface area contributed by atoms with Gasteiger partial charge in [0.2, 0.25) is 0 Å². The second kappa shape index (κ2) is 7.39. The Balaban J connectivity index is 1.76. The van der Waals surface area contributed by atoms with E-state index in [2.05, 4.69) is 29.2 Å². The summed E-state index contributed by atoms with van der Waals surface area (Å²) in [6.45, 7) is 0.979. The lowest BCUT2D eigenvalue weighted by atomic mass is 9.95. The summed E-state index contributed by atoms with van der Waals surface area (Å²) >= 11 is 0. The van der Waals surface area contributed by atoms with Gasteiger partial charge in [-0.15, -0.1) is 0 Å². The zero-order chi connectivity index (χ0) is 14.5. The van der Waals surface area contributed by atoms with Crippen molar-refractivity contribution in [1.29, 1.82) is 0 Å². The number of aliphatic hydroxyl groups excluding tert-OH is 1. The van der Waals surface area contributed by atoms with Gasteiger partial charge in [0.15, 0.2) is 0 Å². The SMILES string of the molecule is OC[C@H]1CN(C2CCCCCCC2)[C@@H](c2ccccc2)O1. The van der Waals surface area contributed by atoms with Crippen LogP contribution in [0.4, 0.5) is 0 Å². The van der Waals surface area contributed by atoms with E-state index in [4.69, 9.17) is 4.74 Å². The summed E-state index contributed by atoms with van der Waals surface area (Å²) in [7, 11) is 0. The molecule has 0 aromatic heterocycles. The number of nitrogens with zero attached hydrogens (tertiary/aromatic N) is 1. The van der Waals surface area contributed by atoms with E-state index in [1.807, 2.05) is 6.07 Å². The van der Waals surface area contributed by atoms with Crippen molar-refractivity contribution < 1.29 is 9.84 Å². The van der Waals surface area contributed by atoms with Crippen LogP contribution in [0.1, 0.15) is 56.7 Å². The van der Waals surface area contributed by atoms with Crippen molar-refractivity contribution in [3.63, 3.8) is 0 Å². The molecule has 1 aromatic rings. The standard InChI is InChI=1S/C18H27NO2/c20-14-17-13-19(16-11-7-2-1-3-8-12-16)18(21-17)15-9-5-4-6-10-15/h4-6,9-10,16-18,20H,1-3,7-8,11-14H2/t17-,18-/m1/s1. The van der Waals surface area contributed by atoms with Crippen LogP contribution in [-0.4, -0.2) is 35.3 Å². The monoisotopic (exact) mass is 289 g/mol. The highest BCUT2D eigenvalue weighted by Crippen LogP contribution is 2.35. The number of hydrogen-bond acceptors (Lipinski definition) is 3. The van der Waals surface area contributed by atoms with Crippen LogP contribution >= 0.6 is 0 Å². The van der Waals surface area contributed by atoms with E-state index in [9.17, 15) is 5.11 Å². The van der Waals surface area contributed by atoms with E-state index in [1.165, 1.54) is 50.5 Å². The molecule has 1 saturated carbocycles. The summed E-state index contributed by atoms with van der Waals surface area (Å²) < 4.78 is 6.11. The average Bonchev–Trinajstić information content (AvgIpc) is 2.92. The van der Waals surface area contributed by atoms with Crippen LogP contribution in [0, 0.1) is 0 Å². The lowest BCUT2D eigenvalue weighted by Gasteiger charge is -2.33. The molecule has 1 aliphatic carbocycles. The highest BCUT2D eigenvalue weighted by atomic mass is 16.5. The summed E-state index contributed by atoms with van der Waals surface area (Å²) in [5.41, 5.74) is 1.22. The van der Waals surface area contributed by atoms with Gasteiger partial charge in [0.1, 0.15) is 6.23 Å². The van der Waals surface area contributed by atoms with Crippen LogP contribution < -0.4 is 0 Å². The normalized spacial score (nSPS) is 29.2. The van der Waals surface area contributed by atoms with Crippen molar-refractivity contribution in [3.05, 3.63) is 35.9 Å². The van der Waals surface area contributed by atoms with Gasteiger partial charge in [-0.1, -0.05) is 62.4 Å². The molecule has 1 heterocycles. The van der Waals surface area contributed by atoms with Crippen molar-refractivity contribution in [3.8, 4) is 0 Å². The molecule has 1 aromatic carbocycles. The summed E-state index contributed by atoms with van der Waals surface area (Å²) in [6.07, 6.45) is 9.29. The van der Waals surface area contributed by atoms with Gasteiger partial charge in [-0.25, -0.2) is 0 Å². The minimum absolute atomic E-state index is 0.0211. The molecule has 0 bridgehead atoms. The predicted octanol–water partition coefficient (Wildman–Crippen LogP) is 3.49. The largest absolute Gasteiger partial charge is 0.394 e. The number of aliphatic hydroxyl groups is 1. The molecule has 1 saturated heterocycles. The summed E-state index contributed by atoms with van der Waals surface area (Å²) in [5, 5.41) is 9.50.